The first kappa shape index (κ1) is 18.4. The van der Waals surface area contributed by atoms with Crippen LogP contribution in [-0.4, -0.2) is 63.3 Å². The summed E-state index contributed by atoms with van der Waals surface area (Å²) in [5.74, 6) is -1.23. The number of carbonyl (C=O) groups is 2. The number of carbonyl (C=O) groups excluding carboxylic acids is 1. The summed E-state index contributed by atoms with van der Waals surface area (Å²) in [5.41, 5.74) is -0.980. The molecule has 0 aromatic carbocycles. The van der Waals surface area contributed by atoms with Gasteiger partial charge in [0.15, 0.2) is 0 Å². The summed E-state index contributed by atoms with van der Waals surface area (Å²) in [6.07, 6.45) is 0.746. The molecule has 10 nitrogen and oxygen atoms in total. The fourth-order valence-corrected chi connectivity index (χ4v) is 2.49. The minimum atomic E-state index is -1.20. The van der Waals surface area contributed by atoms with Gasteiger partial charge in [-0.05, 0) is 26.8 Å². The number of hydrogen-bond acceptors (Lipinski definition) is 7. The van der Waals surface area contributed by atoms with E-state index in [2.05, 4.69) is 4.98 Å². The number of carboxylic acid groups (broad SMARTS) is 1. The van der Waals surface area contributed by atoms with Crippen molar-refractivity contribution in [2.45, 2.75) is 32.4 Å². The zero-order valence-corrected chi connectivity index (χ0v) is 14.2. The predicted molar refractivity (Wildman–Crippen MR) is 87.5 cm³/mol. The molecule has 0 unspecified atom stereocenters. The van der Waals surface area contributed by atoms with Crippen LogP contribution in [0.2, 0.25) is 0 Å². The lowest BCUT2D eigenvalue weighted by atomic mass is 10.1. The summed E-state index contributed by atoms with van der Waals surface area (Å²) in [5, 5.41) is 20.7. The third-order valence-electron chi connectivity index (χ3n) is 3.55. The number of nitrogens with zero attached hydrogens (tertiary/aromatic N) is 4. The quantitative estimate of drug-likeness (QED) is 0.640. The van der Waals surface area contributed by atoms with Gasteiger partial charge in [0.25, 0.3) is 0 Å². The van der Waals surface area contributed by atoms with Gasteiger partial charge in [0.05, 0.1) is 11.5 Å². The van der Waals surface area contributed by atoms with Crippen LogP contribution in [0.3, 0.4) is 0 Å². The first-order valence-corrected chi connectivity index (χ1v) is 7.67. The van der Waals surface area contributed by atoms with Gasteiger partial charge in [0.1, 0.15) is 11.6 Å². The molecule has 1 amide bonds. The van der Waals surface area contributed by atoms with E-state index in [1.54, 1.807) is 20.8 Å². The van der Waals surface area contributed by atoms with Crippen molar-refractivity contribution in [3.05, 3.63) is 28.4 Å². The molecule has 1 saturated heterocycles. The molecule has 0 bridgehead atoms. The molecule has 2 rings (SSSR count). The van der Waals surface area contributed by atoms with E-state index in [4.69, 9.17) is 4.74 Å². The van der Waals surface area contributed by atoms with Crippen LogP contribution in [0.15, 0.2) is 18.3 Å². The maximum absolute atomic E-state index is 12.2. The van der Waals surface area contributed by atoms with Crippen LogP contribution in [0.25, 0.3) is 0 Å². The van der Waals surface area contributed by atoms with Crippen molar-refractivity contribution in [2.24, 2.45) is 0 Å². The van der Waals surface area contributed by atoms with E-state index in [0.717, 1.165) is 0 Å². The zero-order chi connectivity index (χ0) is 18.8. The van der Waals surface area contributed by atoms with Crippen LogP contribution < -0.4 is 4.90 Å². The maximum atomic E-state index is 12.2. The van der Waals surface area contributed by atoms with Gasteiger partial charge in [-0.15, -0.1) is 0 Å². The van der Waals surface area contributed by atoms with Gasteiger partial charge in [-0.2, -0.15) is 0 Å². The second-order valence-electron chi connectivity index (χ2n) is 6.58. The lowest BCUT2D eigenvalue weighted by molar-refractivity contribution is -0.384. The minimum Gasteiger partial charge on any atom is -0.480 e. The Kier molecular flexibility index (Phi) is 5.10. The van der Waals surface area contributed by atoms with Crippen LogP contribution >= 0.6 is 0 Å². The summed E-state index contributed by atoms with van der Waals surface area (Å²) in [7, 11) is 0. The molecule has 25 heavy (non-hydrogen) atoms. The number of amides is 1. The van der Waals surface area contributed by atoms with E-state index in [1.165, 1.54) is 28.1 Å². The number of piperazine rings is 1. The molecular formula is C15H20N4O6. The molecule has 1 aliphatic rings. The Morgan fingerprint density at radius 2 is 2.08 bits per heavy atom. The Labute approximate surface area is 144 Å². The first-order valence-electron chi connectivity index (χ1n) is 7.67. The summed E-state index contributed by atoms with van der Waals surface area (Å²) in [6, 6.07) is 1.52. The van der Waals surface area contributed by atoms with E-state index in [9.17, 15) is 24.8 Å². The van der Waals surface area contributed by atoms with Crippen LogP contribution in [0.5, 0.6) is 0 Å². The molecule has 0 saturated carbocycles. The van der Waals surface area contributed by atoms with Crippen molar-refractivity contribution in [1.82, 2.24) is 9.88 Å². The van der Waals surface area contributed by atoms with Crippen molar-refractivity contribution in [1.29, 1.82) is 0 Å². The zero-order valence-electron chi connectivity index (χ0n) is 14.2. The van der Waals surface area contributed by atoms with E-state index < -0.39 is 28.6 Å². The average molecular weight is 352 g/mol. The molecule has 1 aromatic rings. The van der Waals surface area contributed by atoms with E-state index in [0.29, 0.717) is 0 Å². The van der Waals surface area contributed by atoms with E-state index in [1.807, 2.05) is 0 Å². The van der Waals surface area contributed by atoms with Crippen molar-refractivity contribution < 1.29 is 24.4 Å². The number of carboxylic acids is 1. The summed E-state index contributed by atoms with van der Waals surface area (Å²) >= 11 is 0. The Bertz CT molecular complexity index is 687. The number of aromatic nitrogens is 1. The number of ether oxygens (including phenoxy) is 1. The molecular weight excluding hydrogens is 332 g/mol. The SMILES string of the molecule is CC(C)(C)OC(=O)N1CCN(c2ncccc2[N+](=O)[O-])[C@@H](C(=O)O)C1. The van der Waals surface area contributed by atoms with Gasteiger partial charge in [-0.3, -0.25) is 10.1 Å². The molecule has 2 heterocycles. The lowest BCUT2D eigenvalue weighted by Gasteiger charge is -2.39. The Morgan fingerprint density at radius 1 is 1.40 bits per heavy atom. The highest BCUT2D eigenvalue weighted by molar-refractivity contribution is 5.81. The third-order valence-corrected chi connectivity index (χ3v) is 3.55. The molecule has 1 aliphatic heterocycles. The highest BCUT2D eigenvalue weighted by Crippen LogP contribution is 2.28. The maximum Gasteiger partial charge on any atom is 0.410 e. The minimum absolute atomic E-state index is 0.0243. The second kappa shape index (κ2) is 6.91. The first-order chi connectivity index (χ1) is 11.6. The van der Waals surface area contributed by atoms with Crippen molar-refractivity contribution in [2.75, 3.05) is 24.5 Å². The highest BCUT2D eigenvalue weighted by Gasteiger charge is 2.38. The second-order valence-corrected chi connectivity index (χ2v) is 6.58. The average Bonchev–Trinajstić information content (AvgIpc) is 2.52. The standard InChI is InChI=1S/C15H20N4O6/c1-15(2,3)25-14(22)17-7-8-18(11(9-17)13(20)21)12-10(19(23)24)5-4-6-16-12/h4-6,11H,7-9H2,1-3H3,(H,20,21)/t11-/m1/s1. The highest BCUT2D eigenvalue weighted by atomic mass is 16.6. The molecule has 136 valence electrons. The largest absolute Gasteiger partial charge is 0.480 e. The van der Waals surface area contributed by atoms with Gasteiger partial charge in [0, 0.05) is 25.4 Å². The van der Waals surface area contributed by atoms with E-state index in [-0.39, 0.29) is 31.1 Å². The summed E-state index contributed by atoms with van der Waals surface area (Å²) in [6.45, 7) is 5.26. The Balaban J connectivity index is 2.25. The summed E-state index contributed by atoms with van der Waals surface area (Å²) in [4.78, 5) is 41.0. The molecule has 0 radical (unpaired) electrons. The Hall–Kier alpha value is -2.91. The van der Waals surface area contributed by atoms with Crippen molar-refractivity contribution in [3.63, 3.8) is 0 Å². The van der Waals surface area contributed by atoms with E-state index >= 15 is 0 Å². The number of rotatable bonds is 3. The normalized spacial score (nSPS) is 18.0. The Morgan fingerprint density at radius 3 is 2.64 bits per heavy atom. The van der Waals surface area contributed by atoms with Gasteiger partial charge < -0.3 is 19.6 Å². The molecule has 10 heteroatoms. The molecule has 1 fully saturated rings. The molecule has 1 aromatic heterocycles. The van der Waals surface area contributed by atoms with Gasteiger partial charge in [-0.1, -0.05) is 0 Å². The monoisotopic (exact) mass is 352 g/mol. The molecule has 1 N–H and O–H groups in total. The molecule has 1 atom stereocenters. The van der Waals surface area contributed by atoms with Crippen molar-refractivity contribution in [3.8, 4) is 0 Å². The van der Waals surface area contributed by atoms with Gasteiger partial charge >= 0.3 is 17.7 Å². The molecule has 0 spiro atoms. The van der Waals surface area contributed by atoms with Crippen LogP contribution in [-0.2, 0) is 9.53 Å². The topological polar surface area (TPSA) is 126 Å². The number of pyridine rings is 1. The van der Waals surface area contributed by atoms with Crippen LogP contribution in [0.1, 0.15) is 20.8 Å². The number of aliphatic carboxylic acids is 1. The van der Waals surface area contributed by atoms with Crippen LogP contribution in [0.4, 0.5) is 16.3 Å². The number of hydrogen-bond donors (Lipinski definition) is 1. The fraction of sp³-hybridized carbons (Fsp3) is 0.533. The fourth-order valence-electron chi connectivity index (χ4n) is 2.49. The van der Waals surface area contributed by atoms with Gasteiger partial charge in [0.2, 0.25) is 5.82 Å². The number of nitro groups is 1. The van der Waals surface area contributed by atoms with Crippen LogP contribution in [0, 0.1) is 10.1 Å². The smallest absolute Gasteiger partial charge is 0.410 e. The van der Waals surface area contributed by atoms with Gasteiger partial charge in [-0.25, -0.2) is 14.6 Å². The number of anilines is 1. The lowest BCUT2D eigenvalue weighted by Crippen LogP contribution is -2.58. The third kappa shape index (κ3) is 4.34. The molecule has 0 aliphatic carbocycles. The van der Waals surface area contributed by atoms with Crippen molar-refractivity contribution >= 4 is 23.6 Å². The summed E-state index contributed by atoms with van der Waals surface area (Å²) < 4.78 is 5.26. The predicted octanol–water partition coefficient (Wildman–Crippen LogP) is 1.50.